The Bertz CT molecular complexity index is 1750. The van der Waals surface area contributed by atoms with Crippen LogP contribution in [0.4, 0.5) is 37.0 Å². The molecule has 54 heavy (non-hydrogen) atoms. The number of rotatable bonds is 14. The third-order valence-corrected chi connectivity index (χ3v) is 9.70. The molecule has 0 radical (unpaired) electrons. The molecule has 294 valence electrons. The fourth-order valence-electron chi connectivity index (χ4n) is 6.75. The van der Waals surface area contributed by atoms with Gasteiger partial charge in [-0.3, -0.25) is 14.6 Å². The average molecular weight is 766 g/mol. The lowest BCUT2D eigenvalue weighted by molar-refractivity contribution is -0.393. The minimum Gasteiger partial charge on any atom is -0.497 e. The summed E-state index contributed by atoms with van der Waals surface area (Å²) in [4.78, 5) is 35.5. The summed E-state index contributed by atoms with van der Waals surface area (Å²) in [7, 11) is 1.38. The predicted molar refractivity (Wildman–Crippen MR) is 188 cm³/mol. The first-order chi connectivity index (χ1) is 25.4. The molecule has 2 saturated heterocycles. The number of hydrogen-bond donors (Lipinski definition) is 1. The van der Waals surface area contributed by atoms with E-state index in [1.807, 2.05) is 18.7 Å². The molecule has 2 aliphatic rings. The summed E-state index contributed by atoms with van der Waals surface area (Å²) in [5.41, 5.74) is -6.44. The maximum Gasteiger partial charge on any atom is 0.430 e. The van der Waals surface area contributed by atoms with Crippen LogP contribution in [0.15, 0.2) is 60.8 Å². The van der Waals surface area contributed by atoms with Crippen molar-refractivity contribution >= 4 is 17.8 Å². The number of ether oxygens (including phenoxy) is 3. The summed E-state index contributed by atoms with van der Waals surface area (Å²) >= 11 is 0. The Morgan fingerprint density at radius 1 is 0.889 bits per heavy atom. The minimum absolute atomic E-state index is 0.0225. The molecule has 3 heterocycles. The van der Waals surface area contributed by atoms with Gasteiger partial charge in [-0.15, -0.1) is 0 Å². The Labute approximate surface area is 310 Å². The van der Waals surface area contributed by atoms with Crippen LogP contribution >= 0.6 is 0 Å². The van der Waals surface area contributed by atoms with Gasteiger partial charge in [0.1, 0.15) is 22.9 Å². The molecule has 1 atom stereocenters. The highest BCUT2D eigenvalue weighted by Gasteiger charge is 2.74. The van der Waals surface area contributed by atoms with Crippen LogP contribution < -0.4 is 19.7 Å². The molecule has 3 amide bonds. The minimum atomic E-state index is -5.87. The summed E-state index contributed by atoms with van der Waals surface area (Å²) in [6, 6.07) is 13.3. The number of methoxy groups -OCH3 is 1. The third-order valence-electron chi connectivity index (χ3n) is 9.70. The Morgan fingerprint density at radius 2 is 1.50 bits per heavy atom. The zero-order chi connectivity index (χ0) is 39.5. The van der Waals surface area contributed by atoms with E-state index in [9.17, 15) is 35.9 Å². The van der Waals surface area contributed by atoms with Gasteiger partial charge in [0.15, 0.2) is 0 Å². The number of aryl methyl sites for hydroxylation is 1. The topological polar surface area (TPSA) is 96.5 Å². The normalized spacial score (nSPS) is 18.7. The molecule has 1 N–H and O–H groups in total. The number of nitrogens with one attached hydrogen (secondary N) is 1. The van der Waals surface area contributed by atoms with Gasteiger partial charge in [-0.05, 0) is 74.2 Å². The van der Waals surface area contributed by atoms with E-state index in [4.69, 9.17) is 14.2 Å². The van der Waals surface area contributed by atoms with Crippen LogP contribution in [0.5, 0.6) is 11.5 Å². The second kappa shape index (κ2) is 16.0. The van der Waals surface area contributed by atoms with E-state index in [1.54, 1.807) is 43.0 Å². The van der Waals surface area contributed by atoms with Crippen molar-refractivity contribution in [1.82, 2.24) is 20.1 Å². The van der Waals surface area contributed by atoms with Gasteiger partial charge in [-0.2, -0.15) is 26.3 Å². The molecule has 16 heteroatoms. The highest BCUT2D eigenvalue weighted by atomic mass is 19.4. The molecule has 2 aromatic carbocycles. The number of urea groups is 1. The van der Waals surface area contributed by atoms with Gasteiger partial charge < -0.3 is 24.4 Å². The maximum atomic E-state index is 14.7. The molecule has 3 aromatic rings. The predicted octanol–water partition coefficient (Wildman–Crippen LogP) is 6.96. The summed E-state index contributed by atoms with van der Waals surface area (Å²) < 4.78 is 104. The van der Waals surface area contributed by atoms with E-state index < -0.39 is 47.6 Å². The van der Waals surface area contributed by atoms with Gasteiger partial charge in [0.2, 0.25) is 0 Å². The van der Waals surface area contributed by atoms with Gasteiger partial charge in [0.05, 0.1) is 19.8 Å². The number of halogens is 6. The molecular formula is C38H45F6N5O5. The number of piperazine rings is 1. The highest BCUT2D eigenvalue weighted by Crippen LogP contribution is 2.54. The van der Waals surface area contributed by atoms with Crippen molar-refractivity contribution in [3.8, 4) is 11.5 Å². The van der Waals surface area contributed by atoms with Crippen LogP contribution in [-0.2, 0) is 33.7 Å². The van der Waals surface area contributed by atoms with Crippen LogP contribution in [0, 0.1) is 0 Å². The molecule has 1 unspecified atom stereocenters. The van der Waals surface area contributed by atoms with Gasteiger partial charge >= 0.3 is 18.4 Å². The molecule has 10 nitrogen and oxygen atoms in total. The molecule has 5 rings (SSSR count). The van der Waals surface area contributed by atoms with Gasteiger partial charge in [0, 0.05) is 51.0 Å². The lowest BCUT2D eigenvalue weighted by atomic mass is 9.87. The standard InChI is InChI=1S/C38H45F6N5O5/c1-6-7-27-22-32(45-23-31(27)36(37(39,40)41,38(42,43)44)53-24-26-8-12-29(52-5)13-9-26)48-19-16-47(17-20-48)18-21-49-33(50)35(4,46-34(49)51)28-10-14-30(15-11-28)54-25(2)3/h8-15,22-23,25H,6-7,16-21,24H2,1-5H3,(H,46,51). The average Bonchev–Trinajstić information content (AvgIpc) is 3.34. The van der Waals surface area contributed by atoms with Crippen molar-refractivity contribution in [1.29, 1.82) is 0 Å². The fraction of sp³-hybridized carbons (Fsp3) is 0.500. The number of benzene rings is 2. The van der Waals surface area contributed by atoms with Crippen LogP contribution in [0.2, 0.25) is 0 Å². The van der Waals surface area contributed by atoms with E-state index in [-0.39, 0.29) is 42.4 Å². The number of nitrogens with zero attached hydrogens (tertiary/aromatic N) is 4. The van der Waals surface area contributed by atoms with E-state index in [1.165, 1.54) is 42.3 Å². The summed E-state index contributed by atoms with van der Waals surface area (Å²) in [6.07, 6.45) is -10.9. The number of imide groups is 1. The largest absolute Gasteiger partial charge is 0.497 e. The van der Waals surface area contributed by atoms with E-state index in [0.717, 1.165) is 0 Å². The van der Waals surface area contributed by atoms with Crippen molar-refractivity contribution in [2.45, 2.75) is 76.7 Å². The number of alkyl halides is 6. The molecule has 1 aromatic heterocycles. The quantitative estimate of drug-likeness (QED) is 0.139. The summed E-state index contributed by atoms with van der Waals surface area (Å²) in [6.45, 7) is 8.25. The molecule has 0 spiro atoms. The van der Waals surface area contributed by atoms with Crippen molar-refractivity contribution < 1.29 is 50.1 Å². The van der Waals surface area contributed by atoms with Crippen LogP contribution in [0.25, 0.3) is 0 Å². The van der Waals surface area contributed by atoms with Gasteiger partial charge in [0.25, 0.3) is 11.5 Å². The Morgan fingerprint density at radius 3 is 2.06 bits per heavy atom. The first-order valence-corrected chi connectivity index (χ1v) is 17.7. The number of pyridine rings is 1. The van der Waals surface area contributed by atoms with Crippen molar-refractivity contribution in [3.05, 3.63) is 83.0 Å². The second-order valence-electron chi connectivity index (χ2n) is 13.8. The number of hydrogen-bond acceptors (Lipinski definition) is 8. The number of carbonyl (C=O) groups is 2. The lowest BCUT2D eigenvalue weighted by Gasteiger charge is -2.39. The molecule has 0 bridgehead atoms. The fourth-order valence-corrected chi connectivity index (χ4v) is 6.75. The molecule has 0 aliphatic carbocycles. The monoisotopic (exact) mass is 765 g/mol. The van der Waals surface area contributed by atoms with Gasteiger partial charge in [-0.25, -0.2) is 9.78 Å². The summed E-state index contributed by atoms with van der Waals surface area (Å²) in [5, 5.41) is 2.80. The second-order valence-corrected chi connectivity index (χ2v) is 13.8. The lowest BCUT2D eigenvalue weighted by Crippen LogP contribution is -2.56. The summed E-state index contributed by atoms with van der Waals surface area (Å²) in [5.74, 6) is 0.876. The number of anilines is 1. The van der Waals surface area contributed by atoms with Crippen molar-refractivity contribution in [2.75, 3.05) is 51.3 Å². The van der Waals surface area contributed by atoms with E-state index in [2.05, 4.69) is 10.3 Å². The zero-order valence-electron chi connectivity index (χ0n) is 30.8. The number of aromatic nitrogens is 1. The zero-order valence-corrected chi connectivity index (χ0v) is 30.8. The van der Waals surface area contributed by atoms with Crippen LogP contribution in [0.3, 0.4) is 0 Å². The van der Waals surface area contributed by atoms with Crippen molar-refractivity contribution in [2.24, 2.45) is 0 Å². The van der Waals surface area contributed by atoms with Crippen LogP contribution in [-0.4, -0.2) is 91.6 Å². The molecular weight excluding hydrogens is 720 g/mol. The highest BCUT2D eigenvalue weighted by molar-refractivity contribution is 6.07. The Balaban J connectivity index is 1.27. The number of amides is 3. The van der Waals surface area contributed by atoms with E-state index in [0.29, 0.717) is 56.0 Å². The van der Waals surface area contributed by atoms with Crippen molar-refractivity contribution in [3.63, 3.8) is 0 Å². The number of carbonyl (C=O) groups excluding carboxylic acids is 2. The maximum absolute atomic E-state index is 14.7. The SMILES string of the molecule is CCCc1cc(N2CCN(CCN3C(=O)NC(C)(c4ccc(OC(C)C)cc4)C3=O)CC2)ncc1C(OCc1ccc(OC)cc1)(C(F)(F)F)C(F)(F)F. The van der Waals surface area contributed by atoms with Gasteiger partial charge in [-0.1, -0.05) is 37.6 Å². The molecule has 2 aliphatic heterocycles. The first kappa shape index (κ1) is 40.6. The molecule has 0 saturated carbocycles. The van der Waals surface area contributed by atoms with Crippen LogP contribution in [0.1, 0.15) is 56.4 Å². The molecule has 2 fully saturated rings. The smallest absolute Gasteiger partial charge is 0.430 e. The third kappa shape index (κ3) is 8.23. The van der Waals surface area contributed by atoms with E-state index >= 15 is 0 Å². The first-order valence-electron chi connectivity index (χ1n) is 17.7. The Hall–Kier alpha value is -4.57. The Kier molecular flexibility index (Phi) is 12.1.